The molecule has 1 aliphatic rings. The fraction of sp³-hybridized carbons (Fsp3) is 0.250. The summed E-state index contributed by atoms with van der Waals surface area (Å²) >= 11 is 3.53. The highest BCUT2D eigenvalue weighted by Gasteiger charge is 2.48. The van der Waals surface area contributed by atoms with E-state index in [2.05, 4.69) is 15.9 Å². The van der Waals surface area contributed by atoms with E-state index in [0.29, 0.717) is 11.4 Å². The molecule has 0 fully saturated rings. The monoisotopic (exact) mass is 534 g/mol. The summed E-state index contributed by atoms with van der Waals surface area (Å²) in [5.74, 6) is -0.572. The van der Waals surface area contributed by atoms with Crippen LogP contribution in [0.25, 0.3) is 0 Å². The zero-order chi connectivity index (χ0) is 25.2. The number of nitrogens with zero attached hydrogens (tertiary/aromatic N) is 2. The van der Waals surface area contributed by atoms with Crippen molar-refractivity contribution in [2.24, 2.45) is 4.99 Å². The zero-order valence-corrected chi connectivity index (χ0v) is 21.7. The number of halogens is 1. The number of rotatable bonds is 4. The molecule has 0 saturated carbocycles. The molecule has 4 rings (SSSR count). The Bertz CT molecular complexity index is 1210. The number of fused-ring (bicyclic) bond motifs is 1. The second kappa shape index (κ2) is 10.0. The van der Waals surface area contributed by atoms with E-state index in [1.54, 1.807) is 26.8 Å². The number of hydrogen-bond acceptors (Lipinski definition) is 5. The van der Waals surface area contributed by atoms with Gasteiger partial charge in [-0.2, -0.15) is 0 Å². The van der Waals surface area contributed by atoms with E-state index in [-0.39, 0.29) is 0 Å². The topological polar surface area (TPSA) is 68.2 Å². The van der Waals surface area contributed by atoms with Crippen molar-refractivity contribution in [1.29, 1.82) is 0 Å². The molecule has 0 aromatic heterocycles. The number of anilines is 1. The fourth-order valence-corrected chi connectivity index (χ4v) is 4.49. The molecule has 3 aromatic rings. The van der Waals surface area contributed by atoms with E-state index < -0.39 is 29.7 Å². The summed E-state index contributed by atoms with van der Waals surface area (Å²) in [7, 11) is 1.31. The molecule has 35 heavy (non-hydrogen) atoms. The van der Waals surface area contributed by atoms with Gasteiger partial charge in [0.1, 0.15) is 11.6 Å². The van der Waals surface area contributed by atoms with E-state index in [9.17, 15) is 9.59 Å². The minimum Gasteiger partial charge on any atom is -0.467 e. The first-order valence-electron chi connectivity index (χ1n) is 11.3. The van der Waals surface area contributed by atoms with Gasteiger partial charge in [0.25, 0.3) is 0 Å². The van der Waals surface area contributed by atoms with Crippen LogP contribution >= 0.6 is 15.9 Å². The van der Waals surface area contributed by atoms with Gasteiger partial charge in [0.2, 0.25) is 0 Å². The molecule has 180 valence electrons. The number of amides is 1. The van der Waals surface area contributed by atoms with Crippen LogP contribution in [-0.2, 0) is 14.3 Å². The minimum atomic E-state index is -1.03. The number of carbonyl (C=O) groups is 2. The lowest BCUT2D eigenvalue weighted by Crippen LogP contribution is -2.47. The normalized spacial score (nSPS) is 16.9. The lowest BCUT2D eigenvalue weighted by Gasteiger charge is -2.29. The van der Waals surface area contributed by atoms with Crippen molar-refractivity contribution in [2.75, 3.05) is 12.0 Å². The zero-order valence-electron chi connectivity index (χ0n) is 20.1. The predicted molar refractivity (Wildman–Crippen MR) is 140 cm³/mol. The summed E-state index contributed by atoms with van der Waals surface area (Å²) in [4.78, 5) is 33.0. The van der Waals surface area contributed by atoms with Gasteiger partial charge in [-0.05, 0) is 39.0 Å². The van der Waals surface area contributed by atoms with E-state index >= 15 is 0 Å². The van der Waals surface area contributed by atoms with Crippen molar-refractivity contribution in [2.45, 2.75) is 38.5 Å². The SMILES string of the molecule is COC(=O)[C@H]1[C@H](N=C(c2ccccc2)c2ccccc2)c2cc(Br)ccc2N1C(=O)OC(C)(C)C. The summed E-state index contributed by atoms with van der Waals surface area (Å²) in [5.41, 5.74) is 3.05. The first-order chi connectivity index (χ1) is 16.7. The van der Waals surface area contributed by atoms with E-state index in [1.807, 2.05) is 72.8 Å². The molecule has 0 bridgehead atoms. The van der Waals surface area contributed by atoms with Gasteiger partial charge in [0, 0.05) is 21.2 Å². The lowest BCUT2D eigenvalue weighted by molar-refractivity contribution is -0.142. The number of methoxy groups -OCH3 is 1. The summed E-state index contributed by atoms with van der Waals surface area (Å²) < 4.78 is 11.6. The Morgan fingerprint density at radius 2 is 1.49 bits per heavy atom. The molecule has 0 radical (unpaired) electrons. The maximum absolute atomic E-state index is 13.3. The number of carbonyl (C=O) groups excluding carboxylic acids is 2. The maximum atomic E-state index is 13.3. The quantitative estimate of drug-likeness (QED) is 0.290. The van der Waals surface area contributed by atoms with Crippen LogP contribution in [0.5, 0.6) is 0 Å². The average Bonchev–Trinajstić information content (AvgIpc) is 3.15. The van der Waals surface area contributed by atoms with Crippen LogP contribution in [0.4, 0.5) is 10.5 Å². The third-order valence-corrected chi connectivity index (χ3v) is 6.03. The van der Waals surface area contributed by atoms with Crippen LogP contribution in [-0.4, -0.2) is 36.5 Å². The molecule has 1 amide bonds. The highest BCUT2D eigenvalue weighted by molar-refractivity contribution is 9.10. The smallest absolute Gasteiger partial charge is 0.415 e. The van der Waals surface area contributed by atoms with Gasteiger partial charge in [-0.15, -0.1) is 0 Å². The van der Waals surface area contributed by atoms with Crippen molar-refractivity contribution in [1.82, 2.24) is 0 Å². The van der Waals surface area contributed by atoms with Crippen molar-refractivity contribution < 1.29 is 19.1 Å². The van der Waals surface area contributed by atoms with Crippen LogP contribution in [0, 0.1) is 0 Å². The molecular formula is C28H27BrN2O4. The third-order valence-electron chi connectivity index (χ3n) is 5.54. The minimum absolute atomic E-state index is 0.562. The average molecular weight is 535 g/mol. The highest BCUT2D eigenvalue weighted by Crippen LogP contribution is 2.45. The van der Waals surface area contributed by atoms with Gasteiger partial charge >= 0.3 is 12.1 Å². The van der Waals surface area contributed by atoms with Crippen LogP contribution in [0.1, 0.15) is 43.5 Å². The van der Waals surface area contributed by atoms with E-state index in [1.165, 1.54) is 12.0 Å². The van der Waals surface area contributed by atoms with Crippen LogP contribution < -0.4 is 4.90 Å². The van der Waals surface area contributed by atoms with Gasteiger partial charge in [-0.3, -0.25) is 9.89 Å². The first-order valence-corrected chi connectivity index (χ1v) is 12.1. The second-order valence-corrected chi connectivity index (χ2v) is 10.1. The Hall–Kier alpha value is -3.45. The lowest BCUT2D eigenvalue weighted by atomic mass is 9.99. The van der Waals surface area contributed by atoms with Crippen molar-refractivity contribution in [3.05, 3.63) is 100 Å². The molecule has 0 aliphatic carbocycles. The fourth-order valence-electron chi connectivity index (χ4n) is 4.11. The third kappa shape index (κ3) is 5.30. The second-order valence-electron chi connectivity index (χ2n) is 9.18. The Balaban J connectivity index is 1.93. The largest absolute Gasteiger partial charge is 0.467 e. The van der Waals surface area contributed by atoms with Crippen molar-refractivity contribution in [3.8, 4) is 0 Å². The Morgan fingerprint density at radius 3 is 2.00 bits per heavy atom. The standard InChI is InChI=1S/C28H27BrN2O4/c1-28(2,3)35-27(33)31-22-16-15-20(29)17-21(22)24(25(31)26(32)34-4)30-23(18-11-7-5-8-12-18)19-13-9-6-10-14-19/h5-17,24-25H,1-4H3/t24-,25-/m1/s1. The Labute approximate surface area is 213 Å². The van der Waals surface area contributed by atoms with Crippen LogP contribution in [0.3, 0.4) is 0 Å². The van der Waals surface area contributed by atoms with E-state index in [4.69, 9.17) is 14.5 Å². The first kappa shape index (κ1) is 24.7. The molecule has 0 saturated heterocycles. The highest BCUT2D eigenvalue weighted by atomic mass is 79.9. The molecule has 0 spiro atoms. The van der Waals surface area contributed by atoms with Crippen LogP contribution in [0.2, 0.25) is 0 Å². The van der Waals surface area contributed by atoms with Gasteiger partial charge in [0.05, 0.1) is 18.5 Å². The Morgan fingerprint density at radius 1 is 0.914 bits per heavy atom. The van der Waals surface area contributed by atoms with Crippen LogP contribution in [0.15, 0.2) is 88.3 Å². The Kier molecular flexibility index (Phi) is 7.08. The molecule has 3 aromatic carbocycles. The summed E-state index contributed by atoms with van der Waals surface area (Å²) in [6.07, 6.45) is -0.629. The maximum Gasteiger partial charge on any atom is 0.415 e. The molecule has 2 atom stereocenters. The molecule has 1 aliphatic heterocycles. The number of ether oxygens (including phenoxy) is 2. The van der Waals surface area contributed by atoms with Gasteiger partial charge in [0.15, 0.2) is 6.04 Å². The van der Waals surface area contributed by atoms with Gasteiger partial charge in [-0.1, -0.05) is 76.6 Å². The summed E-state index contributed by atoms with van der Waals surface area (Å²) in [6.45, 7) is 5.36. The molecule has 1 heterocycles. The van der Waals surface area contributed by atoms with Gasteiger partial charge < -0.3 is 9.47 Å². The molecule has 0 unspecified atom stereocenters. The predicted octanol–water partition coefficient (Wildman–Crippen LogP) is 6.32. The number of aliphatic imine (C=N–C) groups is 1. The number of hydrogen-bond donors (Lipinski definition) is 0. The van der Waals surface area contributed by atoms with Crippen molar-refractivity contribution in [3.63, 3.8) is 0 Å². The molecular weight excluding hydrogens is 508 g/mol. The van der Waals surface area contributed by atoms with E-state index in [0.717, 1.165) is 21.2 Å². The number of benzene rings is 3. The van der Waals surface area contributed by atoms with Crippen molar-refractivity contribution >= 4 is 39.4 Å². The summed E-state index contributed by atoms with van der Waals surface area (Å²) in [6, 6.07) is 23.3. The number of esters is 1. The molecule has 6 nitrogen and oxygen atoms in total. The van der Waals surface area contributed by atoms with Gasteiger partial charge in [-0.25, -0.2) is 9.59 Å². The summed E-state index contributed by atoms with van der Waals surface area (Å²) in [5, 5.41) is 0. The molecule has 7 heteroatoms. The molecule has 0 N–H and O–H groups in total.